The number of carbonyl (C=O) groups excluding carboxylic acids is 1. The molecule has 20 heavy (non-hydrogen) atoms. The van der Waals surface area contributed by atoms with Crippen LogP contribution in [-0.4, -0.2) is 12.5 Å². The Kier molecular flexibility index (Phi) is 16.1. The zero-order valence-corrected chi connectivity index (χ0v) is 13.7. The first kappa shape index (κ1) is 19.5. The lowest BCUT2D eigenvalue weighted by Crippen LogP contribution is -2.23. The minimum Gasteiger partial charge on any atom is -0.356 e. The molecule has 0 aromatic heterocycles. The van der Waals surface area contributed by atoms with E-state index in [-0.39, 0.29) is 5.91 Å². The summed E-state index contributed by atoms with van der Waals surface area (Å²) in [5.74, 6) is 0.217. The molecule has 0 unspecified atom stereocenters. The third-order valence-electron chi connectivity index (χ3n) is 3.76. The van der Waals surface area contributed by atoms with Gasteiger partial charge in [0.1, 0.15) is 0 Å². The zero-order valence-electron chi connectivity index (χ0n) is 13.7. The number of unbranched alkanes of at least 4 members (excludes halogenated alkanes) is 11. The summed E-state index contributed by atoms with van der Waals surface area (Å²) in [6.45, 7) is 6.91. The predicted molar refractivity (Wildman–Crippen MR) is 88.7 cm³/mol. The molecule has 0 bridgehead atoms. The summed E-state index contributed by atoms with van der Waals surface area (Å²) < 4.78 is 0. The number of carbonyl (C=O) groups is 1. The fraction of sp³-hybridized carbons (Fsp3) is 0.889. The van der Waals surface area contributed by atoms with Gasteiger partial charge >= 0.3 is 0 Å². The largest absolute Gasteiger partial charge is 0.356 e. The molecule has 0 saturated heterocycles. The zero-order chi connectivity index (χ0) is 14.9. The van der Waals surface area contributed by atoms with Gasteiger partial charge in [-0.3, -0.25) is 4.79 Å². The summed E-state index contributed by atoms with van der Waals surface area (Å²) in [5, 5.41) is 3.01. The van der Waals surface area contributed by atoms with E-state index < -0.39 is 0 Å². The third-order valence-corrected chi connectivity index (χ3v) is 3.76. The summed E-state index contributed by atoms with van der Waals surface area (Å²) in [6, 6.07) is 0. The second-order valence-corrected chi connectivity index (χ2v) is 5.84. The Morgan fingerprint density at radius 2 is 1.35 bits per heavy atom. The monoisotopic (exact) mass is 282 g/mol. The van der Waals surface area contributed by atoms with Gasteiger partial charge in [-0.15, -0.1) is 0 Å². The second kappa shape index (κ2) is 16.5. The molecule has 0 aromatic carbocycles. The molecule has 0 heterocycles. The van der Waals surface area contributed by atoms with E-state index in [1.54, 1.807) is 0 Å². The maximum Gasteiger partial charge on any atom is 0.219 e. The van der Waals surface area contributed by atoms with Gasteiger partial charge in [0.05, 0.1) is 0 Å². The molecule has 0 aromatic rings. The van der Waals surface area contributed by atoms with Crippen LogP contribution in [-0.2, 0) is 4.79 Å². The quantitative estimate of drug-likeness (QED) is 0.399. The van der Waals surface area contributed by atoms with E-state index >= 15 is 0 Å². The molecule has 0 saturated carbocycles. The van der Waals surface area contributed by atoms with Gasteiger partial charge in [0.25, 0.3) is 0 Å². The van der Waals surface area contributed by atoms with Crippen LogP contribution < -0.4 is 5.32 Å². The van der Waals surface area contributed by atoms with Crippen LogP contribution in [0.3, 0.4) is 0 Å². The van der Waals surface area contributed by atoms with Crippen molar-refractivity contribution in [1.82, 2.24) is 5.32 Å². The molecule has 119 valence electrons. The lowest BCUT2D eigenvalue weighted by atomic mass is 10.1. The summed E-state index contributed by atoms with van der Waals surface area (Å²) in [4.78, 5) is 11.4. The van der Waals surface area contributed by atoms with Gasteiger partial charge in [0, 0.05) is 13.0 Å². The Morgan fingerprint density at radius 3 is 1.90 bits per heavy atom. The van der Waals surface area contributed by atoms with E-state index in [0.717, 1.165) is 32.2 Å². The van der Waals surface area contributed by atoms with Crippen molar-refractivity contribution < 1.29 is 4.79 Å². The summed E-state index contributed by atoms with van der Waals surface area (Å²) in [5.41, 5.74) is 0. The Hall–Kier alpha value is -0.530. The van der Waals surface area contributed by atoms with Crippen LogP contribution in [0, 0.1) is 6.92 Å². The van der Waals surface area contributed by atoms with Crippen molar-refractivity contribution in [1.29, 1.82) is 0 Å². The highest BCUT2D eigenvalue weighted by molar-refractivity contribution is 5.75. The summed E-state index contributed by atoms with van der Waals surface area (Å²) in [7, 11) is 0. The molecule has 0 fully saturated rings. The van der Waals surface area contributed by atoms with Crippen molar-refractivity contribution in [3.8, 4) is 0 Å². The van der Waals surface area contributed by atoms with Gasteiger partial charge in [0.15, 0.2) is 0 Å². The van der Waals surface area contributed by atoms with Crippen molar-refractivity contribution in [2.45, 2.75) is 96.8 Å². The van der Waals surface area contributed by atoms with E-state index in [1.807, 2.05) is 0 Å². The number of rotatable bonds is 15. The smallest absolute Gasteiger partial charge is 0.219 e. The van der Waals surface area contributed by atoms with E-state index in [9.17, 15) is 4.79 Å². The average Bonchev–Trinajstić information content (AvgIpc) is 2.45. The van der Waals surface area contributed by atoms with Crippen LogP contribution >= 0.6 is 0 Å². The van der Waals surface area contributed by atoms with Crippen LogP contribution in [0.2, 0.25) is 0 Å². The molecule has 2 nitrogen and oxygen atoms in total. The topological polar surface area (TPSA) is 29.1 Å². The fourth-order valence-electron chi connectivity index (χ4n) is 2.39. The maximum atomic E-state index is 11.4. The van der Waals surface area contributed by atoms with E-state index in [2.05, 4.69) is 19.2 Å². The van der Waals surface area contributed by atoms with Gasteiger partial charge in [-0.1, -0.05) is 84.5 Å². The Labute approximate surface area is 127 Å². The highest BCUT2D eigenvalue weighted by Gasteiger charge is 1.99. The molecule has 0 aliphatic rings. The lowest BCUT2D eigenvalue weighted by Gasteiger charge is -2.05. The van der Waals surface area contributed by atoms with Crippen molar-refractivity contribution >= 4 is 5.91 Å². The Balaban J connectivity index is 3.07. The highest BCUT2D eigenvalue weighted by atomic mass is 16.1. The normalized spacial score (nSPS) is 10.7. The van der Waals surface area contributed by atoms with Crippen molar-refractivity contribution in [2.24, 2.45) is 0 Å². The van der Waals surface area contributed by atoms with E-state index in [1.165, 1.54) is 57.8 Å². The molecule has 0 rings (SSSR count). The predicted octanol–water partition coefficient (Wildman–Crippen LogP) is 5.42. The number of hydrogen-bond donors (Lipinski definition) is 1. The first-order valence-corrected chi connectivity index (χ1v) is 8.87. The van der Waals surface area contributed by atoms with Crippen LogP contribution in [0.25, 0.3) is 0 Å². The molecule has 0 aliphatic heterocycles. The summed E-state index contributed by atoms with van der Waals surface area (Å²) >= 11 is 0. The molecule has 0 atom stereocenters. The lowest BCUT2D eigenvalue weighted by molar-refractivity contribution is -0.121. The molecule has 2 heteroatoms. The van der Waals surface area contributed by atoms with E-state index in [4.69, 9.17) is 0 Å². The number of amides is 1. The molecule has 1 radical (unpaired) electrons. The van der Waals surface area contributed by atoms with Gasteiger partial charge in [-0.2, -0.15) is 0 Å². The van der Waals surface area contributed by atoms with Crippen molar-refractivity contribution in [3.63, 3.8) is 0 Å². The molecule has 0 spiro atoms. The molecular formula is C18H36NO. The Morgan fingerprint density at radius 1 is 0.800 bits per heavy atom. The highest BCUT2D eigenvalue weighted by Crippen LogP contribution is 2.10. The van der Waals surface area contributed by atoms with Crippen molar-refractivity contribution in [3.05, 3.63) is 6.92 Å². The molecule has 0 aliphatic carbocycles. The Bertz CT molecular complexity index is 204. The first-order valence-electron chi connectivity index (χ1n) is 8.87. The SMILES string of the molecule is [CH2]CCCCC(=O)NCCCCCCCCCCCC. The molecule has 1 N–H and O–H groups in total. The van der Waals surface area contributed by atoms with Crippen LogP contribution in [0.4, 0.5) is 0 Å². The van der Waals surface area contributed by atoms with Crippen molar-refractivity contribution in [2.75, 3.05) is 6.54 Å². The van der Waals surface area contributed by atoms with E-state index in [0.29, 0.717) is 6.42 Å². The summed E-state index contributed by atoms with van der Waals surface area (Å²) in [6.07, 6.45) is 17.1. The van der Waals surface area contributed by atoms with Crippen LogP contribution in [0.5, 0.6) is 0 Å². The van der Waals surface area contributed by atoms with Crippen LogP contribution in [0.15, 0.2) is 0 Å². The minimum atomic E-state index is 0.217. The van der Waals surface area contributed by atoms with Crippen LogP contribution in [0.1, 0.15) is 96.8 Å². The molecular weight excluding hydrogens is 246 g/mol. The van der Waals surface area contributed by atoms with Gasteiger partial charge in [-0.05, 0) is 12.8 Å². The average molecular weight is 282 g/mol. The van der Waals surface area contributed by atoms with Gasteiger partial charge in [0.2, 0.25) is 5.91 Å². The maximum absolute atomic E-state index is 11.4. The number of hydrogen-bond acceptors (Lipinski definition) is 1. The van der Waals surface area contributed by atoms with Gasteiger partial charge < -0.3 is 5.32 Å². The minimum absolute atomic E-state index is 0.217. The first-order chi connectivity index (χ1) is 9.81. The standard InChI is InChI=1S/C18H36NO/c1-3-5-7-8-9-10-11-12-13-15-17-19-18(20)16-14-6-4-2/h2-17H2,1H3,(H,19,20). The molecule has 1 amide bonds. The third kappa shape index (κ3) is 15.5. The number of nitrogens with one attached hydrogen (secondary N) is 1. The van der Waals surface area contributed by atoms with Gasteiger partial charge in [-0.25, -0.2) is 0 Å². The second-order valence-electron chi connectivity index (χ2n) is 5.84. The fourth-order valence-corrected chi connectivity index (χ4v) is 2.39.